The summed E-state index contributed by atoms with van der Waals surface area (Å²) in [5.74, 6) is -1.22. The Morgan fingerprint density at radius 2 is 1.84 bits per heavy atom. The summed E-state index contributed by atoms with van der Waals surface area (Å²) < 4.78 is 0. The first kappa shape index (κ1) is 14.3. The van der Waals surface area contributed by atoms with Crippen molar-refractivity contribution >= 4 is 11.9 Å². The van der Waals surface area contributed by atoms with Gasteiger partial charge in [0.2, 0.25) is 5.91 Å². The average molecular weight is 268 g/mol. The molecule has 1 saturated carbocycles. The molecule has 5 heteroatoms. The first-order valence-corrected chi connectivity index (χ1v) is 7.09. The zero-order chi connectivity index (χ0) is 14.2. The second-order valence-electron chi connectivity index (χ2n) is 6.37. The third-order valence-corrected chi connectivity index (χ3v) is 4.76. The lowest BCUT2D eigenvalue weighted by Crippen LogP contribution is -2.54. The summed E-state index contributed by atoms with van der Waals surface area (Å²) in [7, 11) is 1.84. The molecule has 108 valence electrons. The van der Waals surface area contributed by atoms with Gasteiger partial charge in [-0.25, -0.2) is 0 Å². The Morgan fingerprint density at radius 3 is 2.37 bits per heavy atom. The Morgan fingerprint density at radius 1 is 1.26 bits per heavy atom. The van der Waals surface area contributed by atoms with Gasteiger partial charge in [0.05, 0.1) is 11.5 Å². The van der Waals surface area contributed by atoms with Crippen LogP contribution in [0.4, 0.5) is 0 Å². The molecule has 1 aliphatic heterocycles. The number of carboxylic acid groups (broad SMARTS) is 1. The molecule has 2 fully saturated rings. The second kappa shape index (κ2) is 5.12. The van der Waals surface area contributed by atoms with Crippen LogP contribution in [0.25, 0.3) is 0 Å². The number of amides is 1. The Balaban J connectivity index is 2.28. The normalized spacial score (nSPS) is 29.5. The molecular formula is C14H24N2O3. The number of hydrogen-bond acceptors (Lipinski definition) is 3. The van der Waals surface area contributed by atoms with E-state index in [1.54, 1.807) is 0 Å². The van der Waals surface area contributed by atoms with Crippen LogP contribution >= 0.6 is 0 Å². The summed E-state index contributed by atoms with van der Waals surface area (Å²) in [5, 5.41) is 9.33. The molecule has 1 atom stereocenters. The van der Waals surface area contributed by atoms with Crippen LogP contribution in [0.3, 0.4) is 0 Å². The van der Waals surface area contributed by atoms with E-state index in [4.69, 9.17) is 0 Å². The highest BCUT2D eigenvalue weighted by atomic mass is 16.4. The number of carbonyl (C=O) groups excluding carboxylic acids is 1. The fraction of sp³-hybridized carbons (Fsp3) is 0.857. The SMILES string of the molecule is CN1CC(C(=O)O)CN(C2CCCC2)C(=O)C1(C)C. The summed E-state index contributed by atoms with van der Waals surface area (Å²) in [5.41, 5.74) is -0.618. The number of aliphatic carboxylic acids is 1. The van der Waals surface area contributed by atoms with Crippen LogP contribution in [0.1, 0.15) is 39.5 Å². The molecule has 0 bridgehead atoms. The number of rotatable bonds is 2. The Bertz CT molecular complexity index is 375. The molecule has 1 N–H and O–H groups in total. The lowest BCUT2D eigenvalue weighted by molar-refractivity contribution is -0.143. The van der Waals surface area contributed by atoms with E-state index in [0.29, 0.717) is 13.1 Å². The van der Waals surface area contributed by atoms with Crippen molar-refractivity contribution in [3.63, 3.8) is 0 Å². The maximum absolute atomic E-state index is 12.7. The Hall–Kier alpha value is -1.10. The predicted octanol–water partition coefficient (Wildman–Crippen LogP) is 1.18. The maximum atomic E-state index is 12.7. The Labute approximate surface area is 114 Å². The summed E-state index contributed by atoms with van der Waals surface area (Å²) >= 11 is 0. The summed E-state index contributed by atoms with van der Waals surface area (Å²) in [6.07, 6.45) is 4.31. The van der Waals surface area contributed by atoms with Gasteiger partial charge < -0.3 is 10.0 Å². The van der Waals surface area contributed by atoms with Crippen molar-refractivity contribution in [2.24, 2.45) is 5.92 Å². The van der Waals surface area contributed by atoms with Crippen molar-refractivity contribution < 1.29 is 14.7 Å². The maximum Gasteiger partial charge on any atom is 0.309 e. The molecular weight excluding hydrogens is 244 g/mol. The van der Waals surface area contributed by atoms with E-state index in [1.165, 1.54) is 0 Å². The molecule has 1 heterocycles. The van der Waals surface area contributed by atoms with Gasteiger partial charge in [0, 0.05) is 19.1 Å². The van der Waals surface area contributed by atoms with E-state index >= 15 is 0 Å². The van der Waals surface area contributed by atoms with Gasteiger partial charge >= 0.3 is 5.97 Å². The van der Waals surface area contributed by atoms with Crippen LogP contribution in [-0.2, 0) is 9.59 Å². The van der Waals surface area contributed by atoms with Gasteiger partial charge in [-0.15, -0.1) is 0 Å². The molecule has 0 aromatic heterocycles. The predicted molar refractivity (Wildman–Crippen MR) is 71.8 cm³/mol. The van der Waals surface area contributed by atoms with Crippen LogP contribution < -0.4 is 0 Å². The van der Waals surface area contributed by atoms with Crippen LogP contribution in [0, 0.1) is 5.92 Å². The van der Waals surface area contributed by atoms with Gasteiger partial charge in [-0.3, -0.25) is 14.5 Å². The van der Waals surface area contributed by atoms with Gasteiger partial charge in [0.15, 0.2) is 0 Å². The van der Waals surface area contributed by atoms with Gasteiger partial charge in [-0.1, -0.05) is 12.8 Å². The first-order chi connectivity index (χ1) is 8.84. The minimum atomic E-state index is -0.805. The molecule has 0 aromatic rings. The highest BCUT2D eigenvalue weighted by Gasteiger charge is 2.44. The second-order valence-corrected chi connectivity index (χ2v) is 6.37. The van der Waals surface area contributed by atoms with Crippen molar-refractivity contribution in [2.75, 3.05) is 20.1 Å². The van der Waals surface area contributed by atoms with E-state index in [0.717, 1.165) is 25.7 Å². The summed E-state index contributed by atoms with van der Waals surface area (Å²) in [4.78, 5) is 27.8. The zero-order valence-electron chi connectivity index (χ0n) is 12.1. The summed E-state index contributed by atoms with van der Waals surface area (Å²) in [6, 6.07) is 0.236. The van der Waals surface area contributed by atoms with Crippen LogP contribution in [0.5, 0.6) is 0 Å². The largest absolute Gasteiger partial charge is 0.481 e. The van der Waals surface area contributed by atoms with Crippen LogP contribution in [-0.4, -0.2) is 58.5 Å². The van der Waals surface area contributed by atoms with E-state index in [9.17, 15) is 14.7 Å². The van der Waals surface area contributed by atoms with Gasteiger partial charge in [0.25, 0.3) is 0 Å². The van der Waals surface area contributed by atoms with Gasteiger partial charge in [0.1, 0.15) is 0 Å². The number of likely N-dealkylation sites (N-methyl/N-ethyl adjacent to an activating group) is 1. The molecule has 0 radical (unpaired) electrons. The highest BCUT2D eigenvalue weighted by molar-refractivity contribution is 5.87. The van der Waals surface area contributed by atoms with E-state index in [-0.39, 0.29) is 11.9 Å². The van der Waals surface area contributed by atoms with Gasteiger partial charge in [-0.05, 0) is 33.7 Å². The summed E-state index contributed by atoms with van der Waals surface area (Å²) in [6.45, 7) is 4.56. The third-order valence-electron chi connectivity index (χ3n) is 4.76. The van der Waals surface area contributed by atoms with Crippen LogP contribution in [0.15, 0.2) is 0 Å². The van der Waals surface area contributed by atoms with Gasteiger partial charge in [-0.2, -0.15) is 0 Å². The number of carbonyl (C=O) groups is 2. The topological polar surface area (TPSA) is 60.9 Å². The third kappa shape index (κ3) is 2.61. The molecule has 2 aliphatic rings. The van der Waals surface area contributed by atoms with E-state index < -0.39 is 17.4 Å². The molecule has 19 heavy (non-hydrogen) atoms. The van der Waals surface area contributed by atoms with Crippen molar-refractivity contribution in [2.45, 2.75) is 51.1 Å². The average Bonchev–Trinajstić information content (AvgIpc) is 2.83. The number of hydrogen-bond donors (Lipinski definition) is 1. The fourth-order valence-corrected chi connectivity index (χ4v) is 3.14. The lowest BCUT2D eigenvalue weighted by atomic mass is 10.0. The smallest absolute Gasteiger partial charge is 0.309 e. The number of carboxylic acids is 1. The molecule has 0 spiro atoms. The van der Waals surface area contributed by atoms with Crippen molar-refractivity contribution in [3.05, 3.63) is 0 Å². The monoisotopic (exact) mass is 268 g/mol. The fourth-order valence-electron chi connectivity index (χ4n) is 3.14. The molecule has 2 rings (SSSR count). The minimum Gasteiger partial charge on any atom is -0.481 e. The number of nitrogens with zero attached hydrogens (tertiary/aromatic N) is 2. The minimum absolute atomic E-state index is 0.0747. The van der Waals surface area contributed by atoms with Crippen molar-refractivity contribution in [1.82, 2.24) is 9.80 Å². The van der Waals surface area contributed by atoms with E-state index in [2.05, 4.69) is 0 Å². The Kier molecular flexibility index (Phi) is 3.85. The standard InChI is InChI=1S/C14H24N2O3/c1-14(2)13(19)16(11-6-4-5-7-11)9-10(12(17)18)8-15(14)3/h10-11H,4-9H2,1-3H3,(H,17,18). The first-order valence-electron chi connectivity index (χ1n) is 7.09. The van der Waals surface area contributed by atoms with Crippen molar-refractivity contribution in [1.29, 1.82) is 0 Å². The van der Waals surface area contributed by atoms with Crippen molar-refractivity contribution in [3.8, 4) is 0 Å². The molecule has 5 nitrogen and oxygen atoms in total. The molecule has 0 aromatic carbocycles. The quantitative estimate of drug-likeness (QED) is 0.817. The zero-order valence-corrected chi connectivity index (χ0v) is 12.1. The molecule has 1 amide bonds. The van der Waals surface area contributed by atoms with E-state index in [1.807, 2.05) is 30.7 Å². The lowest BCUT2D eigenvalue weighted by Gasteiger charge is -2.37. The molecule has 1 saturated heterocycles. The molecule has 1 aliphatic carbocycles. The highest BCUT2D eigenvalue weighted by Crippen LogP contribution is 2.30. The van der Waals surface area contributed by atoms with Crippen LogP contribution in [0.2, 0.25) is 0 Å². The molecule has 1 unspecified atom stereocenters.